The average Bonchev–Trinajstić information content (AvgIpc) is 2.66. The van der Waals surface area contributed by atoms with Gasteiger partial charge in [-0.3, -0.25) is 4.98 Å². The van der Waals surface area contributed by atoms with Gasteiger partial charge in [-0.1, -0.05) is 13.8 Å². The molecule has 0 spiro atoms. The normalized spacial score (nSPS) is 18.6. The predicted octanol–water partition coefficient (Wildman–Crippen LogP) is 2.96. The van der Waals surface area contributed by atoms with Crippen LogP contribution in [0, 0.1) is 0 Å². The number of hydrogen-bond acceptors (Lipinski definition) is 3. The van der Waals surface area contributed by atoms with E-state index in [1.807, 2.05) is 12.4 Å². The first-order chi connectivity index (χ1) is 8.50. The molecule has 2 heterocycles. The van der Waals surface area contributed by atoms with Gasteiger partial charge in [0.15, 0.2) is 0 Å². The summed E-state index contributed by atoms with van der Waals surface area (Å²) in [5, 5.41) is 3.49. The van der Waals surface area contributed by atoms with Crippen LogP contribution in [0.3, 0.4) is 0 Å². The molecule has 3 nitrogen and oxygen atoms in total. The van der Waals surface area contributed by atoms with Crippen LogP contribution in [0.25, 0.3) is 0 Å². The first-order valence-corrected chi connectivity index (χ1v) is 6.94. The molecule has 0 saturated carbocycles. The second-order valence-electron chi connectivity index (χ2n) is 6.11. The molecule has 0 amide bonds. The summed E-state index contributed by atoms with van der Waals surface area (Å²) >= 11 is 0. The monoisotopic (exact) mass is 247 g/mol. The number of pyridine rings is 1. The molecule has 1 aromatic heterocycles. The molecule has 0 radical (unpaired) electrons. The van der Waals surface area contributed by atoms with E-state index in [0.29, 0.717) is 6.04 Å². The lowest BCUT2D eigenvalue weighted by atomic mass is 10.0. The largest absolute Gasteiger partial charge is 0.366 e. The maximum Gasteiger partial charge on any atom is 0.0447 e. The Kier molecular flexibility index (Phi) is 3.91. The molecule has 3 heteroatoms. The molecular formula is C15H25N3. The van der Waals surface area contributed by atoms with Gasteiger partial charge in [-0.2, -0.15) is 0 Å². The molecule has 100 valence electrons. The Morgan fingerprint density at radius 3 is 2.83 bits per heavy atom. The molecule has 1 aromatic rings. The van der Waals surface area contributed by atoms with Crippen molar-refractivity contribution in [1.29, 1.82) is 0 Å². The maximum absolute atomic E-state index is 4.28. The molecule has 0 aromatic carbocycles. The van der Waals surface area contributed by atoms with Crippen molar-refractivity contribution in [3.8, 4) is 0 Å². The van der Waals surface area contributed by atoms with Gasteiger partial charge >= 0.3 is 0 Å². The fourth-order valence-corrected chi connectivity index (χ4v) is 2.69. The van der Waals surface area contributed by atoms with Crippen molar-refractivity contribution in [3.05, 3.63) is 24.0 Å². The highest BCUT2D eigenvalue weighted by Crippen LogP contribution is 2.35. The standard InChI is InChI=1S/C15H25N3/c1-12(2)17-11-13-10-16-8-6-14(13)18-9-5-7-15(18,3)4/h6,8,10,12,17H,5,7,9,11H2,1-4H3. The van der Waals surface area contributed by atoms with Gasteiger partial charge in [-0.05, 0) is 32.8 Å². The molecule has 0 bridgehead atoms. The van der Waals surface area contributed by atoms with Gasteiger partial charge < -0.3 is 10.2 Å². The fourth-order valence-electron chi connectivity index (χ4n) is 2.69. The first-order valence-electron chi connectivity index (χ1n) is 6.94. The van der Waals surface area contributed by atoms with E-state index in [-0.39, 0.29) is 5.54 Å². The Morgan fingerprint density at radius 1 is 1.44 bits per heavy atom. The summed E-state index contributed by atoms with van der Waals surface area (Å²) in [7, 11) is 0. The first kappa shape index (κ1) is 13.3. The minimum absolute atomic E-state index is 0.272. The molecular weight excluding hydrogens is 222 g/mol. The average molecular weight is 247 g/mol. The predicted molar refractivity (Wildman–Crippen MR) is 76.9 cm³/mol. The third-order valence-electron chi connectivity index (χ3n) is 3.77. The van der Waals surface area contributed by atoms with Crippen LogP contribution in [0.5, 0.6) is 0 Å². The molecule has 1 aliphatic rings. The third kappa shape index (κ3) is 2.83. The van der Waals surface area contributed by atoms with E-state index >= 15 is 0 Å². The van der Waals surface area contributed by atoms with Crippen molar-refractivity contribution in [1.82, 2.24) is 10.3 Å². The molecule has 1 fully saturated rings. The Balaban J connectivity index is 2.22. The third-order valence-corrected chi connectivity index (χ3v) is 3.77. The SMILES string of the molecule is CC(C)NCc1cnccc1N1CCCC1(C)C. The van der Waals surface area contributed by atoms with Gasteiger partial charge in [0, 0.05) is 48.3 Å². The van der Waals surface area contributed by atoms with E-state index in [4.69, 9.17) is 0 Å². The summed E-state index contributed by atoms with van der Waals surface area (Å²) in [5.41, 5.74) is 2.93. The van der Waals surface area contributed by atoms with Crippen LogP contribution in [0.4, 0.5) is 5.69 Å². The van der Waals surface area contributed by atoms with Crippen LogP contribution in [0.15, 0.2) is 18.5 Å². The van der Waals surface area contributed by atoms with Gasteiger partial charge in [-0.25, -0.2) is 0 Å². The molecule has 18 heavy (non-hydrogen) atoms. The van der Waals surface area contributed by atoms with Crippen molar-refractivity contribution < 1.29 is 0 Å². The second-order valence-corrected chi connectivity index (χ2v) is 6.11. The fraction of sp³-hybridized carbons (Fsp3) is 0.667. The van der Waals surface area contributed by atoms with Gasteiger partial charge in [0.1, 0.15) is 0 Å². The summed E-state index contributed by atoms with van der Waals surface area (Å²) < 4.78 is 0. The molecule has 1 N–H and O–H groups in total. The van der Waals surface area contributed by atoms with Crippen LogP contribution in [0.2, 0.25) is 0 Å². The molecule has 0 aliphatic carbocycles. The number of hydrogen-bond donors (Lipinski definition) is 1. The summed E-state index contributed by atoms with van der Waals surface area (Å²) in [6, 6.07) is 2.66. The zero-order valence-electron chi connectivity index (χ0n) is 12.0. The van der Waals surface area contributed by atoms with Crippen LogP contribution in [-0.2, 0) is 6.54 Å². The van der Waals surface area contributed by atoms with E-state index in [0.717, 1.165) is 13.1 Å². The number of nitrogens with zero attached hydrogens (tertiary/aromatic N) is 2. The second kappa shape index (κ2) is 5.27. The van der Waals surface area contributed by atoms with Gasteiger partial charge in [0.2, 0.25) is 0 Å². The maximum atomic E-state index is 4.28. The van der Waals surface area contributed by atoms with Gasteiger partial charge in [0.25, 0.3) is 0 Å². The van der Waals surface area contributed by atoms with Crippen LogP contribution in [-0.4, -0.2) is 23.1 Å². The number of nitrogens with one attached hydrogen (secondary N) is 1. The summed E-state index contributed by atoms with van der Waals surface area (Å²) in [6.07, 6.45) is 6.46. The minimum atomic E-state index is 0.272. The van der Waals surface area contributed by atoms with Crippen molar-refractivity contribution in [3.63, 3.8) is 0 Å². The van der Waals surface area contributed by atoms with E-state index < -0.39 is 0 Å². The van der Waals surface area contributed by atoms with Crippen molar-refractivity contribution in [2.45, 2.75) is 58.7 Å². The van der Waals surface area contributed by atoms with E-state index in [2.05, 4.69) is 49.0 Å². The Hall–Kier alpha value is -1.09. The quantitative estimate of drug-likeness (QED) is 0.886. The van der Waals surface area contributed by atoms with Gasteiger partial charge in [-0.15, -0.1) is 0 Å². The summed E-state index contributed by atoms with van der Waals surface area (Å²) in [5.74, 6) is 0. The highest BCUT2D eigenvalue weighted by Gasteiger charge is 2.32. The lowest BCUT2D eigenvalue weighted by Crippen LogP contribution is -2.39. The van der Waals surface area contributed by atoms with Crippen LogP contribution >= 0.6 is 0 Å². The van der Waals surface area contributed by atoms with Crippen LogP contribution < -0.4 is 10.2 Å². The Morgan fingerprint density at radius 2 is 2.22 bits per heavy atom. The lowest BCUT2D eigenvalue weighted by Gasteiger charge is -2.35. The van der Waals surface area contributed by atoms with Crippen LogP contribution in [0.1, 0.15) is 46.1 Å². The topological polar surface area (TPSA) is 28.2 Å². The van der Waals surface area contributed by atoms with E-state index in [1.54, 1.807) is 0 Å². The zero-order valence-corrected chi connectivity index (χ0v) is 12.0. The van der Waals surface area contributed by atoms with Gasteiger partial charge in [0.05, 0.1) is 0 Å². The van der Waals surface area contributed by atoms with Crippen molar-refractivity contribution in [2.24, 2.45) is 0 Å². The zero-order chi connectivity index (χ0) is 13.2. The number of anilines is 1. The number of rotatable bonds is 4. The van der Waals surface area contributed by atoms with Crippen molar-refractivity contribution >= 4 is 5.69 Å². The highest BCUT2D eigenvalue weighted by atomic mass is 15.2. The van der Waals surface area contributed by atoms with E-state index in [1.165, 1.54) is 24.1 Å². The highest BCUT2D eigenvalue weighted by molar-refractivity contribution is 5.55. The Bertz CT molecular complexity index is 398. The minimum Gasteiger partial charge on any atom is -0.366 e. The lowest BCUT2D eigenvalue weighted by molar-refractivity contribution is 0.514. The molecule has 0 atom stereocenters. The summed E-state index contributed by atoms with van der Waals surface area (Å²) in [4.78, 5) is 6.81. The van der Waals surface area contributed by atoms with E-state index in [9.17, 15) is 0 Å². The molecule has 0 unspecified atom stereocenters. The Labute approximate surface area is 111 Å². The number of aromatic nitrogens is 1. The smallest absolute Gasteiger partial charge is 0.0447 e. The van der Waals surface area contributed by atoms with Crippen molar-refractivity contribution in [2.75, 3.05) is 11.4 Å². The summed E-state index contributed by atoms with van der Waals surface area (Å²) in [6.45, 7) is 11.1. The molecule has 1 saturated heterocycles. The molecule has 2 rings (SSSR count). The molecule has 1 aliphatic heterocycles.